The molecule has 0 aliphatic heterocycles. The fourth-order valence-corrected chi connectivity index (χ4v) is 1.74. The van der Waals surface area contributed by atoms with Gasteiger partial charge in [0.2, 0.25) is 0 Å². The molecule has 0 N–H and O–H groups in total. The molecule has 0 radical (unpaired) electrons. The molecule has 2 aromatic rings. The zero-order chi connectivity index (χ0) is 9.10. The molecule has 64 valence electrons. The van der Waals surface area contributed by atoms with E-state index in [-0.39, 0.29) is 0 Å². The van der Waals surface area contributed by atoms with Crippen LogP contribution in [0.15, 0.2) is 35.2 Å². The number of hydrogen-bond acceptors (Lipinski definition) is 3. The highest BCUT2D eigenvalue weighted by Gasteiger charge is 1.99. The Labute approximate surface area is 79.9 Å². The average molecular weight is 189 g/mol. The molecule has 0 aliphatic rings. The van der Waals surface area contributed by atoms with E-state index in [1.807, 2.05) is 16.8 Å². The van der Waals surface area contributed by atoms with Crippen molar-refractivity contribution < 1.29 is 4.79 Å². The molecular formula is C10H7NOS. The smallest absolute Gasteiger partial charge is 0.150 e. The van der Waals surface area contributed by atoms with E-state index in [0.717, 1.165) is 17.5 Å². The first-order chi connectivity index (χ1) is 6.40. The van der Waals surface area contributed by atoms with E-state index in [4.69, 9.17) is 0 Å². The Kier molecular flexibility index (Phi) is 2.19. The Hall–Kier alpha value is -1.48. The first-order valence-corrected chi connectivity index (χ1v) is 4.78. The van der Waals surface area contributed by atoms with Crippen molar-refractivity contribution in [2.24, 2.45) is 0 Å². The van der Waals surface area contributed by atoms with E-state index in [0.29, 0.717) is 5.56 Å². The van der Waals surface area contributed by atoms with Gasteiger partial charge in [0.05, 0.1) is 5.69 Å². The predicted molar refractivity (Wildman–Crippen MR) is 52.9 cm³/mol. The van der Waals surface area contributed by atoms with Gasteiger partial charge in [0, 0.05) is 22.7 Å². The fraction of sp³-hybridized carbons (Fsp3) is 0. The van der Waals surface area contributed by atoms with Crippen molar-refractivity contribution in [2.45, 2.75) is 0 Å². The fourth-order valence-electron chi connectivity index (χ4n) is 1.09. The lowest BCUT2D eigenvalue weighted by molar-refractivity contribution is 0.112. The van der Waals surface area contributed by atoms with Gasteiger partial charge in [0.25, 0.3) is 0 Å². The first-order valence-electron chi connectivity index (χ1n) is 3.84. The number of nitrogens with zero attached hydrogens (tertiary/aromatic N) is 1. The lowest BCUT2D eigenvalue weighted by atomic mass is 10.2. The summed E-state index contributed by atoms with van der Waals surface area (Å²) < 4.78 is 0. The van der Waals surface area contributed by atoms with Gasteiger partial charge in [-0.25, -0.2) is 0 Å². The minimum absolute atomic E-state index is 0.663. The van der Waals surface area contributed by atoms with Gasteiger partial charge in [-0.05, 0) is 23.6 Å². The van der Waals surface area contributed by atoms with Crippen LogP contribution in [0.4, 0.5) is 0 Å². The summed E-state index contributed by atoms with van der Waals surface area (Å²) in [7, 11) is 0. The van der Waals surface area contributed by atoms with Gasteiger partial charge in [0.15, 0.2) is 0 Å². The summed E-state index contributed by atoms with van der Waals surface area (Å²) in [5.74, 6) is 0. The van der Waals surface area contributed by atoms with Gasteiger partial charge in [-0.15, -0.1) is 0 Å². The van der Waals surface area contributed by atoms with Gasteiger partial charge in [-0.3, -0.25) is 9.78 Å². The van der Waals surface area contributed by atoms with Crippen molar-refractivity contribution in [1.29, 1.82) is 0 Å². The summed E-state index contributed by atoms with van der Waals surface area (Å²) >= 11 is 1.62. The Morgan fingerprint density at radius 3 is 3.00 bits per heavy atom. The summed E-state index contributed by atoms with van der Waals surface area (Å²) in [6.45, 7) is 0. The molecule has 0 bridgehead atoms. The van der Waals surface area contributed by atoms with Crippen LogP contribution < -0.4 is 0 Å². The van der Waals surface area contributed by atoms with E-state index in [2.05, 4.69) is 4.98 Å². The van der Waals surface area contributed by atoms with Crippen molar-refractivity contribution in [3.8, 4) is 11.3 Å². The van der Waals surface area contributed by atoms with Crippen LogP contribution in [-0.2, 0) is 0 Å². The van der Waals surface area contributed by atoms with Crippen molar-refractivity contribution in [2.75, 3.05) is 0 Å². The molecule has 0 fully saturated rings. The third-order valence-corrected chi connectivity index (χ3v) is 2.42. The maximum atomic E-state index is 10.5. The summed E-state index contributed by atoms with van der Waals surface area (Å²) in [4.78, 5) is 14.7. The number of carbonyl (C=O) groups is 1. The second kappa shape index (κ2) is 3.49. The zero-order valence-corrected chi connectivity index (χ0v) is 7.62. The quantitative estimate of drug-likeness (QED) is 0.680. The third kappa shape index (κ3) is 1.65. The first kappa shape index (κ1) is 8.13. The van der Waals surface area contributed by atoms with E-state index >= 15 is 0 Å². The number of thiophene rings is 1. The molecule has 13 heavy (non-hydrogen) atoms. The topological polar surface area (TPSA) is 30.0 Å². The lowest BCUT2D eigenvalue weighted by Crippen LogP contribution is -1.84. The van der Waals surface area contributed by atoms with Crippen molar-refractivity contribution in [3.05, 3.63) is 40.7 Å². The van der Waals surface area contributed by atoms with Crippen LogP contribution in [-0.4, -0.2) is 11.3 Å². The minimum atomic E-state index is 0.663. The summed E-state index contributed by atoms with van der Waals surface area (Å²) in [5, 5.41) is 4.00. The van der Waals surface area contributed by atoms with Gasteiger partial charge >= 0.3 is 0 Å². The molecule has 0 unspecified atom stereocenters. The molecule has 3 heteroatoms. The molecular weight excluding hydrogens is 182 g/mol. The second-order valence-electron chi connectivity index (χ2n) is 2.60. The van der Waals surface area contributed by atoms with Crippen LogP contribution in [0.5, 0.6) is 0 Å². The molecule has 2 heterocycles. The van der Waals surface area contributed by atoms with Crippen LogP contribution in [0.2, 0.25) is 0 Å². The number of hydrogen-bond donors (Lipinski definition) is 0. The van der Waals surface area contributed by atoms with Crippen molar-refractivity contribution in [1.82, 2.24) is 4.98 Å². The van der Waals surface area contributed by atoms with Crippen molar-refractivity contribution in [3.63, 3.8) is 0 Å². The van der Waals surface area contributed by atoms with Crippen LogP contribution in [0, 0.1) is 0 Å². The van der Waals surface area contributed by atoms with Gasteiger partial charge < -0.3 is 0 Å². The highest BCUT2D eigenvalue weighted by atomic mass is 32.1. The monoisotopic (exact) mass is 189 g/mol. The van der Waals surface area contributed by atoms with Crippen LogP contribution in [0.3, 0.4) is 0 Å². The van der Waals surface area contributed by atoms with Crippen LogP contribution >= 0.6 is 11.3 Å². The number of aromatic nitrogens is 1. The second-order valence-corrected chi connectivity index (χ2v) is 3.38. The normalized spacial score (nSPS) is 9.85. The maximum Gasteiger partial charge on any atom is 0.150 e. The SMILES string of the molecule is O=Cc1ccnc(-c2ccsc2)c1. The molecule has 0 saturated carbocycles. The van der Waals surface area contributed by atoms with Gasteiger partial charge in [-0.2, -0.15) is 11.3 Å². The summed E-state index contributed by atoms with van der Waals surface area (Å²) in [6.07, 6.45) is 2.48. The Balaban J connectivity index is 2.47. The Morgan fingerprint density at radius 2 is 2.31 bits per heavy atom. The van der Waals surface area contributed by atoms with E-state index in [9.17, 15) is 4.79 Å². The predicted octanol–water partition coefficient (Wildman–Crippen LogP) is 2.62. The zero-order valence-electron chi connectivity index (χ0n) is 6.81. The van der Waals surface area contributed by atoms with Crippen LogP contribution in [0.1, 0.15) is 10.4 Å². The van der Waals surface area contributed by atoms with Gasteiger partial charge in [0.1, 0.15) is 6.29 Å². The summed E-state index contributed by atoms with van der Waals surface area (Å²) in [5.41, 5.74) is 2.58. The molecule has 0 saturated heterocycles. The van der Waals surface area contributed by atoms with Crippen molar-refractivity contribution >= 4 is 17.6 Å². The third-order valence-electron chi connectivity index (χ3n) is 1.74. The van der Waals surface area contributed by atoms with Crippen LogP contribution in [0.25, 0.3) is 11.3 Å². The van der Waals surface area contributed by atoms with Gasteiger partial charge in [-0.1, -0.05) is 0 Å². The molecule has 2 rings (SSSR count). The number of carbonyl (C=O) groups excluding carboxylic acids is 1. The molecule has 0 spiro atoms. The Bertz CT molecular complexity index is 409. The number of rotatable bonds is 2. The summed E-state index contributed by atoms with van der Waals surface area (Å²) in [6, 6.07) is 5.47. The standard InChI is InChI=1S/C10H7NOS/c12-6-8-1-3-11-10(5-8)9-2-4-13-7-9/h1-7H. The average Bonchev–Trinajstić information content (AvgIpc) is 2.71. The Morgan fingerprint density at radius 1 is 1.38 bits per heavy atom. The maximum absolute atomic E-state index is 10.5. The van der Waals surface area contributed by atoms with E-state index in [1.54, 1.807) is 29.7 Å². The number of aldehydes is 1. The molecule has 2 nitrogen and oxygen atoms in total. The molecule has 0 atom stereocenters. The molecule has 0 aromatic carbocycles. The largest absolute Gasteiger partial charge is 0.298 e. The highest BCUT2D eigenvalue weighted by Crippen LogP contribution is 2.19. The highest BCUT2D eigenvalue weighted by molar-refractivity contribution is 7.08. The lowest BCUT2D eigenvalue weighted by Gasteiger charge is -1.96. The van der Waals surface area contributed by atoms with E-state index < -0.39 is 0 Å². The molecule has 0 amide bonds. The molecule has 0 aliphatic carbocycles. The van der Waals surface area contributed by atoms with E-state index in [1.165, 1.54) is 0 Å². The number of pyridine rings is 1. The molecule has 2 aromatic heterocycles. The minimum Gasteiger partial charge on any atom is -0.298 e.